The van der Waals surface area contributed by atoms with Gasteiger partial charge in [-0.3, -0.25) is 9.59 Å². The van der Waals surface area contributed by atoms with Gasteiger partial charge in [-0.1, -0.05) is 11.6 Å². The zero-order valence-corrected chi connectivity index (χ0v) is 10.8. The molecule has 0 heterocycles. The van der Waals surface area contributed by atoms with Crippen molar-refractivity contribution in [2.75, 3.05) is 14.1 Å². The van der Waals surface area contributed by atoms with Crippen LogP contribution < -0.4 is 5.32 Å². The van der Waals surface area contributed by atoms with Crippen LogP contribution in [-0.4, -0.2) is 36.9 Å². The molecule has 0 radical (unpaired) electrons. The Hall–Kier alpha value is -1.55. The van der Waals surface area contributed by atoms with Crippen molar-refractivity contribution in [3.63, 3.8) is 0 Å². The second kappa shape index (κ2) is 5.68. The lowest BCUT2D eigenvalue weighted by Crippen LogP contribution is -2.44. The van der Waals surface area contributed by atoms with Gasteiger partial charge in [-0.05, 0) is 31.2 Å². The topological polar surface area (TPSA) is 49.4 Å². The maximum absolute atomic E-state index is 11.8. The number of likely N-dealkylation sites (N-methyl/N-ethyl adjacent to an activating group) is 1. The largest absolute Gasteiger partial charge is 0.347 e. The van der Waals surface area contributed by atoms with Gasteiger partial charge in [0.2, 0.25) is 5.91 Å². The smallest absolute Gasteiger partial charge is 0.251 e. The van der Waals surface area contributed by atoms with Gasteiger partial charge in [0, 0.05) is 24.7 Å². The SMILES string of the molecule is CC(NC(=O)c1ccc(Cl)cc1)C(=O)N(C)C. The van der Waals surface area contributed by atoms with Gasteiger partial charge in [0.15, 0.2) is 0 Å². The predicted octanol–water partition coefficient (Wildman–Crippen LogP) is 1.55. The van der Waals surface area contributed by atoms with E-state index in [4.69, 9.17) is 11.6 Å². The molecule has 0 fully saturated rings. The van der Waals surface area contributed by atoms with Gasteiger partial charge in [0.1, 0.15) is 6.04 Å². The lowest BCUT2D eigenvalue weighted by Gasteiger charge is -2.17. The van der Waals surface area contributed by atoms with Crippen molar-refractivity contribution in [2.24, 2.45) is 0 Å². The van der Waals surface area contributed by atoms with Gasteiger partial charge in [-0.15, -0.1) is 0 Å². The third-order valence-corrected chi connectivity index (χ3v) is 2.52. The quantitative estimate of drug-likeness (QED) is 0.890. The Morgan fingerprint density at radius 3 is 2.24 bits per heavy atom. The molecule has 0 aliphatic rings. The third kappa shape index (κ3) is 3.75. The van der Waals surface area contributed by atoms with Crippen LogP contribution in [-0.2, 0) is 4.79 Å². The van der Waals surface area contributed by atoms with E-state index in [-0.39, 0.29) is 11.8 Å². The van der Waals surface area contributed by atoms with Crippen LogP contribution in [0.4, 0.5) is 0 Å². The first-order chi connectivity index (χ1) is 7.91. The lowest BCUT2D eigenvalue weighted by molar-refractivity contribution is -0.130. The van der Waals surface area contributed by atoms with Crippen molar-refractivity contribution < 1.29 is 9.59 Å². The van der Waals surface area contributed by atoms with E-state index in [9.17, 15) is 9.59 Å². The molecule has 5 heteroatoms. The number of hydrogen-bond donors (Lipinski definition) is 1. The van der Waals surface area contributed by atoms with Crippen LogP contribution in [0.15, 0.2) is 24.3 Å². The zero-order chi connectivity index (χ0) is 13.0. The van der Waals surface area contributed by atoms with Crippen LogP contribution in [0.1, 0.15) is 17.3 Å². The van der Waals surface area contributed by atoms with Gasteiger partial charge in [-0.2, -0.15) is 0 Å². The Morgan fingerprint density at radius 2 is 1.76 bits per heavy atom. The van der Waals surface area contributed by atoms with Crippen molar-refractivity contribution in [1.82, 2.24) is 10.2 Å². The summed E-state index contributed by atoms with van der Waals surface area (Å²) in [7, 11) is 3.29. The van der Waals surface area contributed by atoms with E-state index < -0.39 is 6.04 Å². The molecule has 1 N–H and O–H groups in total. The molecule has 0 aromatic heterocycles. The van der Waals surface area contributed by atoms with E-state index in [0.29, 0.717) is 10.6 Å². The minimum absolute atomic E-state index is 0.146. The fourth-order valence-electron chi connectivity index (χ4n) is 1.33. The summed E-state index contributed by atoms with van der Waals surface area (Å²) >= 11 is 5.72. The first-order valence-corrected chi connectivity index (χ1v) is 5.57. The first kappa shape index (κ1) is 13.5. The van der Waals surface area contributed by atoms with Gasteiger partial charge >= 0.3 is 0 Å². The summed E-state index contributed by atoms with van der Waals surface area (Å²) in [6.45, 7) is 1.65. The monoisotopic (exact) mass is 254 g/mol. The van der Waals surface area contributed by atoms with Gasteiger partial charge < -0.3 is 10.2 Å². The standard InChI is InChI=1S/C12H15ClN2O2/c1-8(12(17)15(2)3)14-11(16)9-4-6-10(13)7-5-9/h4-8H,1-3H3,(H,14,16). The molecule has 2 amide bonds. The van der Waals surface area contributed by atoms with E-state index in [2.05, 4.69) is 5.32 Å². The average Bonchev–Trinajstić information content (AvgIpc) is 2.28. The number of carbonyl (C=O) groups excluding carboxylic acids is 2. The Balaban J connectivity index is 2.66. The van der Waals surface area contributed by atoms with Gasteiger partial charge in [-0.25, -0.2) is 0 Å². The summed E-state index contributed by atoms with van der Waals surface area (Å²) in [5.74, 6) is -0.434. The maximum Gasteiger partial charge on any atom is 0.251 e. The molecule has 1 rings (SSSR count). The molecule has 0 bridgehead atoms. The molecule has 0 aliphatic carbocycles. The normalized spacial score (nSPS) is 11.8. The Labute approximate surface area is 106 Å². The van der Waals surface area contributed by atoms with E-state index in [0.717, 1.165) is 0 Å². The molecular weight excluding hydrogens is 240 g/mol. The molecule has 92 valence electrons. The molecule has 4 nitrogen and oxygen atoms in total. The Bertz CT molecular complexity index is 415. The molecule has 1 aromatic carbocycles. The van der Waals surface area contributed by atoms with Crippen LogP contribution in [0.3, 0.4) is 0 Å². The molecule has 0 saturated carbocycles. The molecule has 1 atom stereocenters. The first-order valence-electron chi connectivity index (χ1n) is 5.19. The molecule has 17 heavy (non-hydrogen) atoms. The van der Waals surface area contributed by atoms with Crippen LogP contribution in [0.5, 0.6) is 0 Å². The summed E-state index contributed by atoms with van der Waals surface area (Å²) in [4.78, 5) is 24.8. The van der Waals surface area contributed by atoms with Crippen LogP contribution in [0.2, 0.25) is 5.02 Å². The van der Waals surface area contributed by atoms with Crippen molar-refractivity contribution in [3.8, 4) is 0 Å². The molecule has 1 aromatic rings. The van der Waals surface area contributed by atoms with Crippen LogP contribution in [0, 0.1) is 0 Å². The highest BCUT2D eigenvalue weighted by Gasteiger charge is 2.17. The Kier molecular flexibility index (Phi) is 4.52. The summed E-state index contributed by atoms with van der Waals surface area (Å²) in [6, 6.07) is 5.95. The fraction of sp³-hybridized carbons (Fsp3) is 0.333. The highest BCUT2D eigenvalue weighted by Crippen LogP contribution is 2.09. The van der Waals surface area contributed by atoms with Crippen molar-refractivity contribution in [1.29, 1.82) is 0 Å². The number of halogens is 1. The maximum atomic E-state index is 11.8. The number of amides is 2. The minimum Gasteiger partial charge on any atom is -0.347 e. The average molecular weight is 255 g/mol. The molecular formula is C12H15ClN2O2. The summed E-state index contributed by atoms with van der Waals surface area (Å²) in [5, 5.41) is 3.19. The summed E-state index contributed by atoms with van der Waals surface area (Å²) in [6.07, 6.45) is 0. The van der Waals surface area contributed by atoms with E-state index in [1.807, 2.05) is 0 Å². The number of nitrogens with one attached hydrogen (secondary N) is 1. The molecule has 0 spiro atoms. The molecule has 0 saturated heterocycles. The predicted molar refractivity (Wildman–Crippen MR) is 67.1 cm³/mol. The number of benzene rings is 1. The Morgan fingerprint density at radius 1 is 1.24 bits per heavy atom. The number of hydrogen-bond acceptors (Lipinski definition) is 2. The molecule has 1 unspecified atom stereocenters. The van der Waals surface area contributed by atoms with Crippen LogP contribution in [0.25, 0.3) is 0 Å². The minimum atomic E-state index is -0.548. The second-order valence-corrected chi connectivity index (χ2v) is 4.37. The highest BCUT2D eigenvalue weighted by atomic mass is 35.5. The highest BCUT2D eigenvalue weighted by molar-refractivity contribution is 6.30. The van der Waals surface area contributed by atoms with Crippen LogP contribution >= 0.6 is 11.6 Å². The summed E-state index contributed by atoms with van der Waals surface area (Å²) < 4.78 is 0. The number of rotatable bonds is 3. The van der Waals surface area contributed by atoms with Crippen molar-refractivity contribution >= 4 is 23.4 Å². The van der Waals surface area contributed by atoms with Gasteiger partial charge in [0.25, 0.3) is 5.91 Å². The van der Waals surface area contributed by atoms with Gasteiger partial charge in [0.05, 0.1) is 0 Å². The molecule has 0 aliphatic heterocycles. The number of carbonyl (C=O) groups is 2. The second-order valence-electron chi connectivity index (χ2n) is 3.93. The van der Waals surface area contributed by atoms with Crippen molar-refractivity contribution in [2.45, 2.75) is 13.0 Å². The van der Waals surface area contributed by atoms with E-state index in [1.165, 1.54) is 4.90 Å². The lowest BCUT2D eigenvalue weighted by atomic mass is 10.2. The zero-order valence-electron chi connectivity index (χ0n) is 10.0. The summed E-state index contributed by atoms with van der Waals surface area (Å²) in [5.41, 5.74) is 0.479. The van der Waals surface area contributed by atoms with E-state index >= 15 is 0 Å². The fourth-order valence-corrected chi connectivity index (χ4v) is 1.46. The van der Waals surface area contributed by atoms with Crippen molar-refractivity contribution in [3.05, 3.63) is 34.9 Å². The van der Waals surface area contributed by atoms with E-state index in [1.54, 1.807) is 45.3 Å². The third-order valence-electron chi connectivity index (χ3n) is 2.27. The number of nitrogens with zero attached hydrogens (tertiary/aromatic N) is 1.